The zero-order valence-corrected chi connectivity index (χ0v) is 12.0. The fraction of sp³-hybridized carbons (Fsp3) is 0.235. The average Bonchev–Trinajstić information content (AvgIpc) is 2.54. The Kier molecular flexibility index (Phi) is 5.35. The van der Waals surface area contributed by atoms with Gasteiger partial charge < -0.3 is 15.2 Å². The van der Waals surface area contributed by atoms with E-state index >= 15 is 0 Å². The monoisotopic (exact) mass is 285 g/mol. The third-order valence-electron chi connectivity index (χ3n) is 3.18. The zero-order valence-electron chi connectivity index (χ0n) is 12.0. The highest BCUT2D eigenvalue weighted by Crippen LogP contribution is 2.14. The van der Waals surface area contributed by atoms with Crippen molar-refractivity contribution in [2.45, 2.75) is 13.0 Å². The normalized spacial score (nSPS) is 10.2. The second-order valence-electron chi connectivity index (χ2n) is 4.62. The molecule has 4 nitrogen and oxygen atoms in total. The summed E-state index contributed by atoms with van der Waals surface area (Å²) in [5, 5.41) is 0. The van der Waals surface area contributed by atoms with Gasteiger partial charge in [0.15, 0.2) is 0 Å². The molecule has 0 atom stereocenters. The number of hydrogen-bond donors (Lipinski definition) is 1. The van der Waals surface area contributed by atoms with Crippen LogP contribution in [-0.2, 0) is 17.8 Å². The summed E-state index contributed by atoms with van der Waals surface area (Å²) in [4.78, 5) is 12.1. The van der Waals surface area contributed by atoms with E-state index in [4.69, 9.17) is 15.2 Å². The molecule has 0 saturated carbocycles. The summed E-state index contributed by atoms with van der Waals surface area (Å²) in [6.07, 6.45) is 0.661. The van der Waals surface area contributed by atoms with Crippen molar-refractivity contribution in [3.63, 3.8) is 0 Å². The minimum atomic E-state index is -0.324. The molecule has 0 saturated heterocycles. The first-order valence-electron chi connectivity index (χ1n) is 6.82. The van der Waals surface area contributed by atoms with Crippen LogP contribution in [0.1, 0.15) is 21.5 Å². The molecule has 0 radical (unpaired) electrons. The summed E-state index contributed by atoms with van der Waals surface area (Å²) in [7, 11) is 1.61. The summed E-state index contributed by atoms with van der Waals surface area (Å²) in [5.74, 6) is 0.452. The van der Waals surface area contributed by atoms with Crippen molar-refractivity contribution >= 4 is 5.97 Å². The maximum atomic E-state index is 12.1. The van der Waals surface area contributed by atoms with Crippen molar-refractivity contribution < 1.29 is 14.3 Å². The standard InChI is InChI=1S/C17H19NO3/c1-20-15-8-6-13(7-9-15)12-21-17(19)16-5-3-2-4-14(16)10-11-18/h2-9H,10-12,18H2,1H3. The second kappa shape index (κ2) is 7.45. The van der Waals surface area contributed by atoms with E-state index in [1.165, 1.54) is 0 Å². The van der Waals surface area contributed by atoms with E-state index in [1.807, 2.05) is 42.5 Å². The molecule has 2 aromatic rings. The van der Waals surface area contributed by atoms with Gasteiger partial charge in [-0.3, -0.25) is 0 Å². The van der Waals surface area contributed by atoms with E-state index in [0.29, 0.717) is 18.5 Å². The SMILES string of the molecule is COc1ccc(COC(=O)c2ccccc2CCN)cc1. The lowest BCUT2D eigenvalue weighted by Crippen LogP contribution is -2.11. The molecular formula is C17H19NO3. The van der Waals surface area contributed by atoms with Crippen LogP contribution < -0.4 is 10.5 Å². The Morgan fingerprint density at radius 1 is 1.10 bits per heavy atom. The van der Waals surface area contributed by atoms with Crippen LogP contribution in [0.15, 0.2) is 48.5 Å². The van der Waals surface area contributed by atoms with Crippen LogP contribution >= 0.6 is 0 Å². The number of hydrogen-bond acceptors (Lipinski definition) is 4. The smallest absolute Gasteiger partial charge is 0.338 e. The number of carbonyl (C=O) groups excluding carboxylic acids is 1. The van der Waals surface area contributed by atoms with Gasteiger partial charge in [-0.2, -0.15) is 0 Å². The van der Waals surface area contributed by atoms with Gasteiger partial charge in [-0.15, -0.1) is 0 Å². The Morgan fingerprint density at radius 3 is 2.48 bits per heavy atom. The van der Waals surface area contributed by atoms with Crippen molar-refractivity contribution in [1.29, 1.82) is 0 Å². The van der Waals surface area contributed by atoms with Gasteiger partial charge in [0.05, 0.1) is 12.7 Å². The summed E-state index contributed by atoms with van der Waals surface area (Å²) < 4.78 is 10.4. The van der Waals surface area contributed by atoms with Crippen LogP contribution in [-0.4, -0.2) is 19.6 Å². The maximum absolute atomic E-state index is 12.1. The molecule has 2 rings (SSSR count). The number of benzene rings is 2. The van der Waals surface area contributed by atoms with Gasteiger partial charge in [0.1, 0.15) is 12.4 Å². The highest BCUT2D eigenvalue weighted by molar-refractivity contribution is 5.91. The largest absolute Gasteiger partial charge is 0.497 e. The van der Waals surface area contributed by atoms with E-state index < -0.39 is 0 Å². The van der Waals surface area contributed by atoms with E-state index in [2.05, 4.69) is 0 Å². The molecule has 0 spiro atoms. The van der Waals surface area contributed by atoms with E-state index in [0.717, 1.165) is 16.9 Å². The summed E-state index contributed by atoms with van der Waals surface area (Å²) >= 11 is 0. The lowest BCUT2D eigenvalue weighted by molar-refractivity contribution is 0.0471. The number of nitrogens with two attached hydrogens (primary N) is 1. The Bertz CT molecular complexity index is 593. The molecule has 2 N–H and O–H groups in total. The molecule has 0 aromatic heterocycles. The molecule has 110 valence electrons. The number of methoxy groups -OCH3 is 1. The molecule has 21 heavy (non-hydrogen) atoms. The van der Waals surface area contributed by atoms with Gasteiger partial charge in [0.2, 0.25) is 0 Å². The van der Waals surface area contributed by atoms with Crippen LogP contribution in [0.4, 0.5) is 0 Å². The molecule has 0 bridgehead atoms. The maximum Gasteiger partial charge on any atom is 0.338 e. The van der Waals surface area contributed by atoms with Crippen molar-refractivity contribution in [2.75, 3.05) is 13.7 Å². The van der Waals surface area contributed by atoms with Gasteiger partial charge in [-0.25, -0.2) is 4.79 Å². The Balaban J connectivity index is 2.01. The molecule has 0 heterocycles. The number of ether oxygens (including phenoxy) is 2. The first kappa shape index (κ1) is 15.1. The first-order chi connectivity index (χ1) is 10.2. The summed E-state index contributed by atoms with van der Waals surface area (Å²) in [5.41, 5.74) is 7.97. The number of carbonyl (C=O) groups is 1. The predicted octanol–water partition coefficient (Wildman–Crippen LogP) is 2.55. The van der Waals surface area contributed by atoms with Gasteiger partial charge in [0, 0.05) is 0 Å². The van der Waals surface area contributed by atoms with Crippen molar-refractivity contribution in [2.24, 2.45) is 5.73 Å². The molecule has 4 heteroatoms. The van der Waals surface area contributed by atoms with Gasteiger partial charge in [-0.1, -0.05) is 30.3 Å². The lowest BCUT2D eigenvalue weighted by atomic mass is 10.0. The summed E-state index contributed by atoms with van der Waals surface area (Å²) in [6.45, 7) is 0.739. The van der Waals surface area contributed by atoms with Crippen molar-refractivity contribution in [1.82, 2.24) is 0 Å². The molecule has 2 aromatic carbocycles. The lowest BCUT2D eigenvalue weighted by Gasteiger charge is -2.09. The fourth-order valence-electron chi connectivity index (χ4n) is 2.04. The van der Waals surface area contributed by atoms with Gasteiger partial charge in [-0.05, 0) is 42.3 Å². The quantitative estimate of drug-likeness (QED) is 0.829. The Morgan fingerprint density at radius 2 is 1.81 bits per heavy atom. The number of esters is 1. The van der Waals surface area contributed by atoms with E-state index in [1.54, 1.807) is 13.2 Å². The molecule has 0 aliphatic rings. The third-order valence-corrected chi connectivity index (χ3v) is 3.18. The van der Waals surface area contributed by atoms with Crippen LogP contribution in [0.25, 0.3) is 0 Å². The predicted molar refractivity (Wildman–Crippen MR) is 81.3 cm³/mol. The van der Waals surface area contributed by atoms with Crippen LogP contribution in [0.2, 0.25) is 0 Å². The van der Waals surface area contributed by atoms with E-state index in [9.17, 15) is 4.79 Å². The molecule has 0 unspecified atom stereocenters. The average molecular weight is 285 g/mol. The van der Waals surface area contributed by atoms with E-state index in [-0.39, 0.29) is 12.6 Å². The highest BCUT2D eigenvalue weighted by Gasteiger charge is 2.11. The minimum absolute atomic E-state index is 0.236. The van der Waals surface area contributed by atoms with Crippen LogP contribution in [0.3, 0.4) is 0 Å². The zero-order chi connectivity index (χ0) is 15.1. The molecule has 0 amide bonds. The second-order valence-corrected chi connectivity index (χ2v) is 4.62. The first-order valence-corrected chi connectivity index (χ1v) is 6.82. The number of rotatable bonds is 6. The Labute approximate surface area is 124 Å². The van der Waals surface area contributed by atoms with Crippen molar-refractivity contribution in [3.05, 3.63) is 65.2 Å². The minimum Gasteiger partial charge on any atom is -0.497 e. The summed E-state index contributed by atoms with van der Waals surface area (Å²) in [6, 6.07) is 14.8. The molecule has 0 fully saturated rings. The third kappa shape index (κ3) is 4.07. The Hall–Kier alpha value is -2.33. The van der Waals surface area contributed by atoms with Gasteiger partial charge >= 0.3 is 5.97 Å². The fourth-order valence-corrected chi connectivity index (χ4v) is 2.04. The molecule has 0 aliphatic heterocycles. The highest BCUT2D eigenvalue weighted by atomic mass is 16.5. The van der Waals surface area contributed by atoms with Crippen molar-refractivity contribution in [3.8, 4) is 5.75 Å². The van der Waals surface area contributed by atoms with Crippen LogP contribution in [0.5, 0.6) is 5.75 Å². The topological polar surface area (TPSA) is 61.5 Å². The van der Waals surface area contributed by atoms with Crippen LogP contribution in [0, 0.1) is 0 Å². The molecule has 0 aliphatic carbocycles. The molecular weight excluding hydrogens is 266 g/mol. The van der Waals surface area contributed by atoms with Gasteiger partial charge in [0.25, 0.3) is 0 Å².